The zero-order valence-electron chi connectivity index (χ0n) is 16.5. The van der Waals surface area contributed by atoms with E-state index in [4.69, 9.17) is 9.47 Å². The number of amides is 1. The van der Waals surface area contributed by atoms with Crippen LogP contribution in [0.1, 0.15) is 11.1 Å². The van der Waals surface area contributed by atoms with Crippen molar-refractivity contribution in [3.63, 3.8) is 0 Å². The third-order valence-electron chi connectivity index (χ3n) is 4.62. The summed E-state index contributed by atoms with van der Waals surface area (Å²) in [5.74, 6) is 0.618. The van der Waals surface area contributed by atoms with E-state index in [0.29, 0.717) is 6.54 Å². The smallest absolute Gasteiger partial charge is 0.310 e. The molecule has 0 spiro atoms. The molecule has 7 heteroatoms. The summed E-state index contributed by atoms with van der Waals surface area (Å²) in [6, 6.07) is 16.3. The van der Waals surface area contributed by atoms with Crippen LogP contribution < -0.4 is 9.47 Å². The number of hydrogen-bond acceptors (Lipinski definition) is 5. The number of benzene rings is 3. The van der Waals surface area contributed by atoms with E-state index in [1.807, 2.05) is 36.4 Å². The van der Waals surface area contributed by atoms with Gasteiger partial charge in [-0.05, 0) is 53.1 Å². The van der Waals surface area contributed by atoms with Crippen LogP contribution in [-0.4, -0.2) is 36.5 Å². The van der Waals surface area contributed by atoms with Crippen molar-refractivity contribution >= 4 is 22.4 Å². The van der Waals surface area contributed by atoms with Gasteiger partial charge in [-0.25, -0.2) is 0 Å². The van der Waals surface area contributed by atoms with Gasteiger partial charge >= 0.3 is 5.69 Å². The fourth-order valence-electron chi connectivity index (χ4n) is 3.00. The molecule has 0 aliphatic carbocycles. The summed E-state index contributed by atoms with van der Waals surface area (Å²) in [6.07, 6.45) is 0. The number of carbonyl (C=O) groups excluding carboxylic acids is 1. The molecule has 29 heavy (non-hydrogen) atoms. The molecule has 0 aliphatic rings. The van der Waals surface area contributed by atoms with Crippen molar-refractivity contribution in [1.82, 2.24) is 4.90 Å². The Kier molecular flexibility index (Phi) is 5.97. The van der Waals surface area contributed by atoms with Crippen molar-refractivity contribution in [2.45, 2.75) is 13.5 Å². The van der Waals surface area contributed by atoms with E-state index in [1.165, 1.54) is 11.0 Å². The first-order valence-electron chi connectivity index (χ1n) is 9.06. The number of aryl methyl sites for hydroxylation is 1. The van der Waals surface area contributed by atoms with Gasteiger partial charge in [0.05, 0.1) is 12.0 Å². The highest BCUT2D eigenvalue weighted by molar-refractivity contribution is 5.84. The summed E-state index contributed by atoms with van der Waals surface area (Å²) in [6.45, 7) is 1.94. The van der Waals surface area contributed by atoms with Crippen molar-refractivity contribution in [3.8, 4) is 11.5 Å². The van der Waals surface area contributed by atoms with E-state index in [9.17, 15) is 14.9 Å². The van der Waals surface area contributed by atoms with Gasteiger partial charge in [-0.2, -0.15) is 0 Å². The zero-order chi connectivity index (χ0) is 21.0. The van der Waals surface area contributed by atoms with Crippen LogP contribution in [0, 0.1) is 17.0 Å². The third kappa shape index (κ3) is 4.82. The Bertz CT molecular complexity index is 1060. The molecule has 0 atom stereocenters. The van der Waals surface area contributed by atoms with Crippen LogP contribution in [0.4, 0.5) is 5.69 Å². The van der Waals surface area contributed by atoms with E-state index in [-0.39, 0.29) is 24.0 Å². The predicted molar refractivity (Wildman–Crippen MR) is 110 cm³/mol. The van der Waals surface area contributed by atoms with Crippen LogP contribution in [0.2, 0.25) is 0 Å². The number of carbonyl (C=O) groups is 1. The average molecular weight is 394 g/mol. The Hall–Kier alpha value is -3.61. The van der Waals surface area contributed by atoms with Gasteiger partial charge in [-0.3, -0.25) is 14.9 Å². The molecule has 150 valence electrons. The van der Waals surface area contributed by atoms with Gasteiger partial charge in [0.2, 0.25) is 0 Å². The largest absolute Gasteiger partial charge is 0.497 e. The molecular formula is C22H22N2O5. The third-order valence-corrected chi connectivity index (χ3v) is 4.62. The van der Waals surface area contributed by atoms with E-state index in [2.05, 4.69) is 0 Å². The quantitative estimate of drug-likeness (QED) is 0.445. The maximum atomic E-state index is 12.4. The van der Waals surface area contributed by atoms with Crippen molar-refractivity contribution in [1.29, 1.82) is 0 Å². The van der Waals surface area contributed by atoms with Crippen LogP contribution >= 0.6 is 0 Å². The van der Waals surface area contributed by atoms with Gasteiger partial charge in [0.15, 0.2) is 12.4 Å². The monoisotopic (exact) mass is 394 g/mol. The highest BCUT2D eigenvalue weighted by Crippen LogP contribution is 2.28. The number of nitro groups is 1. The summed E-state index contributed by atoms with van der Waals surface area (Å²) in [5.41, 5.74) is 1.63. The molecule has 0 aromatic heterocycles. The number of fused-ring (bicyclic) bond motifs is 1. The van der Waals surface area contributed by atoms with Crippen molar-refractivity contribution < 1.29 is 19.2 Å². The Morgan fingerprint density at radius 2 is 1.79 bits per heavy atom. The van der Waals surface area contributed by atoms with Gasteiger partial charge in [0, 0.05) is 19.7 Å². The normalized spacial score (nSPS) is 10.6. The molecule has 0 fully saturated rings. The lowest BCUT2D eigenvalue weighted by Gasteiger charge is -2.18. The van der Waals surface area contributed by atoms with Gasteiger partial charge in [0.1, 0.15) is 5.75 Å². The van der Waals surface area contributed by atoms with Gasteiger partial charge in [-0.15, -0.1) is 0 Å². The standard InChI is InChI=1S/C22H22N2O5/c1-15-4-9-20(24(26)27)21(10-15)29-14-22(25)23(2)13-16-5-6-18-12-19(28-3)8-7-17(18)11-16/h4-12H,13-14H2,1-3H3. The molecule has 0 aliphatic heterocycles. The molecule has 0 saturated heterocycles. The Morgan fingerprint density at radius 3 is 2.52 bits per heavy atom. The second-order valence-corrected chi connectivity index (χ2v) is 6.81. The SMILES string of the molecule is COc1ccc2cc(CN(C)C(=O)COc3cc(C)ccc3[N+](=O)[O-])ccc2c1. The summed E-state index contributed by atoms with van der Waals surface area (Å²) in [5, 5.41) is 13.2. The minimum absolute atomic E-state index is 0.0939. The fraction of sp³-hybridized carbons (Fsp3) is 0.227. The Morgan fingerprint density at radius 1 is 1.07 bits per heavy atom. The lowest BCUT2D eigenvalue weighted by Crippen LogP contribution is -2.31. The van der Waals surface area contributed by atoms with E-state index < -0.39 is 4.92 Å². The van der Waals surface area contributed by atoms with Crippen molar-refractivity contribution in [2.24, 2.45) is 0 Å². The van der Waals surface area contributed by atoms with Gasteiger partial charge in [0.25, 0.3) is 5.91 Å². The Labute approximate surface area is 168 Å². The first-order valence-corrected chi connectivity index (χ1v) is 9.06. The topological polar surface area (TPSA) is 81.9 Å². The number of likely N-dealkylation sites (N-methyl/N-ethyl adjacent to an activating group) is 1. The molecule has 0 bridgehead atoms. The maximum Gasteiger partial charge on any atom is 0.310 e. The molecule has 0 N–H and O–H groups in total. The van der Waals surface area contributed by atoms with Crippen molar-refractivity contribution in [3.05, 3.63) is 75.8 Å². The molecule has 0 heterocycles. The molecule has 3 aromatic carbocycles. The average Bonchev–Trinajstić information content (AvgIpc) is 2.71. The van der Waals surface area contributed by atoms with Crippen LogP contribution in [0.25, 0.3) is 10.8 Å². The molecule has 0 radical (unpaired) electrons. The number of ether oxygens (including phenoxy) is 2. The predicted octanol–water partition coefficient (Wildman–Crippen LogP) is 4.10. The van der Waals surface area contributed by atoms with Crippen LogP contribution in [-0.2, 0) is 11.3 Å². The molecule has 3 rings (SSSR count). The van der Waals surface area contributed by atoms with E-state index in [1.54, 1.807) is 33.2 Å². The van der Waals surface area contributed by atoms with Crippen LogP contribution in [0.15, 0.2) is 54.6 Å². The lowest BCUT2D eigenvalue weighted by atomic mass is 10.1. The highest BCUT2D eigenvalue weighted by Gasteiger charge is 2.17. The number of methoxy groups -OCH3 is 1. The Balaban J connectivity index is 1.66. The molecule has 0 unspecified atom stereocenters. The van der Waals surface area contributed by atoms with Crippen molar-refractivity contribution in [2.75, 3.05) is 20.8 Å². The zero-order valence-corrected chi connectivity index (χ0v) is 16.5. The first-order chi connectivity index (χ1) is 13.9. The molecule has 0 saturated carbocycles. The molecule has 1 amide bonds. The molecule has 3 aromatic rings. The second kappa shape index (κ2) is 8.60. The minimum Gasteiger partial charge on any atom is -0.497 e. The summed E-state index contributed by atoms with van der Waals surface area (Å²) in [4.78, 5) is 24.6. The lowest BCUT2D eigenvalue weighted by molar-refractivity contribution is -0.385. The minimum atomic E-state index is -0.521. The summed E-state index contributed by atoms with van der Waals surface area (Å²) >= 11 is 0. The first kappa shape index (κ1) is 20.1. The second-order valence-electron chi connectivity index (χ2n) is 6.81. The number of nitrogens with zero attached hydrogens (tertiary/aromatic N) is 2. The fourth-order valence-corrected chi connectivity index (χ4v) is 3.00. The summed E-state index contributed by atoms with van der Waals surface area (Å²) in [7, 11) is 3.30. The number of rotatable bonds is 7. The number of nitro benzene ring substituents is 1. The van der Waals surface area contributed by atoms with Gasteiger partial charge in [-0.1, -0.05) is 24.3 Å². The van der Waals surface area contributed by atoms with E-state index in [0.717, 1.165) is 27.6 Å². The van der Waals surface area contributed by atoms with Gasteiger partial charge < -0.3 is 14.4 Å². The maximum absolute atomic E-state index is 12.4. The van der Waals surface area contributed by atoms with Crippen LogP contribution in [0.5, 0.6) is 11.5 Å². The van der Waals surface area contributed by atoms with Crippen LogP contribution in [0.3, 0.4) is 0 Å². The summed E-state index contributed by atoms with van der Waals surface area (Å²) < 4.78 is 10.7. The highest BCUT2D eigenvalue weighted by atomic mass is 16.6. The molecular weight excluding hydrogens is 372 g/mol. The number of hydrogen-bond donors (Lipinski definition) is 0. The van der Waals surface area contributed by atoms with E-state index >= 15 is 0 Å². The molecule has 7 nitrogen and oxygen atoms in total.